The summed E-state index contributed by atoms with van der Waals surface area (Å²) in [6.45, 7) is 5.70. The Kier molecular flexibility index (Phi) is 6.60. The Morgan fingerprint density at radius 3 is 2.35 bits per heavy atom. The van der Waals surface area contributed by atoms with Crippen LogP contribution >= 0.6 is 0 Å². The molecule has 0 fully saturated rings. The first-order valence-electron chi connectivity index (χ1n) is 9.78. The molecule has 0 atom stereocenters. The van der Waals surface area contributed by atoms with Gasteiger partial charge in [-0.05, 0) is 50.6 Å². The largest absolute Gasteiger partial charge is 0.318 e. The summed E-state index contributed by atoms with van der Waals surface area (Å²) in [5.74, 6) is -0.529. The number of hydrogen-bond acceptors (Lipinski definition) is 4. The Morgan fingerprint density at radius 2 is 1.71 bits per heavy atom. The van der Waals surface area contributed by atoms with Gasteiger partial charge in [-0.15, -0.1) is 0 Å². The van der Waals surface area contributed by atoms with Crippen molar-refractivity contribution in [3.63, 3.8) is 0 Å². The highest BCUT2D eigenvalue weighted by Crippen LogP contribution is 2.22. The number of nitrogens with one attached hydrogen (secondary N) is 1. The highest BCUT2D eigenvalue weighted by molar-refractivity contribution is 7.92. The molecular formula is C23H26N4O3S. The van der Waals surface area contributed by atoms with Crippen molar-refractivity contribution < 1.29 is 13.2 Å². The zero-order valence-corrected chi connectivity index (χ0v) is 18.8. The van der Waals surface area contributed by atoms with Gasteiger partial charge in [0.1, 0.15) is 6.54 Å². The third-order valence-corrected chi connectivity index (χ3v) is 6.09. The van der Waals surface area contributed by atoms with Crippen LogP contribution in [0, 0.1) is 20.8 Å². The zero-order valence-electron chi connectivity index (χ0n) is 18.0. The van der Waals surface area contributed by atoms with Crippen LogP contribution in [-0.2, 0) is 14.8 Å². The van der Waals surface area contributed by atoms with Crippen LogP contribution in [0.4, 0.5) is 5.69 Å². The number of carbonyl (C=O) groups is 1. The fourth-order valence-corrected chi connectivity index (χ4v) is 4.29. The van der Waals surface area contributed by atoms with Crippen LogP contribution in [0.1, 0.15) is 22.5 Å². The molecule has 1 heterocycles. The molecule has 0 unspecified atom stereocenters. The van der Waals surface area contributed by atoms with E-state index in [0.29, 0.717) is 5.69 Å². The Labute approximate surface area is 183 Å². The molecule has 162 valence electrons. The summed E-state index contributed by atoms with van der Waals surface area (Å²) in [7, 11) is -3.62. The van der Waals surface area contributed by atoms with Crippen LogP contribution in [0.25, 0.3) is 5.69 Å². The summed E-state index contributed by atoms with van der Waals surface area (Å²) in [6, 6.07) is 18.6. The summed E-state index contributed by atoms with van der Waals surface area (Å²) in [6.07, 6.45) is 2.64. The molecule has 3 rings (SSSR count). The van der Waals surface area contributed by atoms with Gasteiger partial charge < -0.3 is 4.57 Å². The Bertz CT molecular complexity index is 1210. The minimum absolute atomic E-state index is 0.359. The molecule has 0 saturated carbocycles. The Morgan fingerprint density at radius 1 is 1.06 bits per heavy atom. The lowest BCUT2D eigenvalue weighted by atomic mass is 10.2. The number of carbonyl (C=O) groups excluding carboxylic acids is 1. The number of anilines is 1. The van der Waals surface area contributed by atoms with Crippen LogP contribution in [0.3, 0.4) is 0 Å². The average Bonchev–Trinajstić information content (AvgIpc) is 3.00. The first-order valence-corrected chi connectivity index (χ1v) is 11.6. The van der Waals surface area contributed by atoms with Gasteiger partial charge >= 0.3 is 0 Å². The van der Waals surface area contributed by atoms with Crippen molar-refractivity contribution in [1.82, 2.24) is 9.99 Å². The number of aryl methyl sites for hydroxylation is 2. The average molecular weight is 439 g/mol. The van der Waals surface area contributed by atoms with Crippen LogP contribution in [0.5, 0.6) is 0 Å². The molecular weight excluding hydrogens is 412 g/mol. The van der Waals surface area contributed by atoms with Gasteiger partial charge in [-0.2, -0.15) is 5.10 Å². The van der Waals surface area contributed by atoms with Crippen LogP contribution in [0.15, 0.2) is 65.8 Å². The maximum atomic E-state index is 12.4. The molecule has 31 heavy (non-hydrogen) atoms. The van der Waals surface area contributed by atoms with E-state index in [-0.39, 0.29) is 6.54 Å². The van der Waals surface area contributed by atoms with Gasteiger partial charge in [-0.3, -0.25) is 9.10 Å². The number of para-hydroxylation sites is 2. The smallest absolute Gasteiger partial charge is 0.260 e. The first-order chi connectivity index (χ1) is 14.7. The summed E-state index contributed by atoms with van der Waals surface area (Å²) < 4.78 is 27.4. The number of aromatic nitrogens is 1. The standard InChI is InChI=1S/C23H26N4O3S/c1-17-10-8-9-13-22(17)27-18(2)14-20(19(27)3)15-24-25-23(28)16-26(31(4,29)30)21-11-6-5-7-12-21/h5-15H,16H2,1-4H3,(H,25,28)/b24-15+. The van der Waals surface area contributed by atoms with Gasteiger partial charge in [-0.25, -0.2) is 13.8 Å². The highest BCUT2D eigenvalue weighted by atomic mass is 32.2. The molecule has 1 amide bonds. The number of amides is 1. The number of hydrogen-bond donors (Lipinski definition) is 1. The van der Waals surface area contributed by atoms with Crippen molar-refractivity contribution in [2.24, 2.45) is 5.10 Å². The quantitative estimate of drug-likeness (QED) is 0.454. The molecule has 0 aliphatic heterocycles. The molecule has 1 aromatic heterocycles. The second-order valence-electron chi connectivity index (χ2n) is 7.35. The van der Waals surface area contributed by atoms with E-state index in [0.717, 1.165) is 38.8 Å². The maximum absolute atomic E-state index is 12.4. The number of rotatable bonds is 7. The fraction of sp³-hybridized carbons (Fsp3) is 0.217. The third kappa shape index (κ3) is 5.21. The predicted octanol–water partition coefficient (Wildman–Crippen LogP) is 3.32. The van der Waals surface area contributed by atoms with Gasteiger partial charge in [0.25, 0.3) is 5.91 Å². The van der Waals surface area contributed by atoms with Crippen LogP contribution in [0.2, 0.25) is 0 Å². The molecule has 0 spiro atoms. The third-order valence-electron chi connectivity index (χ3n) is 4.95. The molecule has 7 nitrogen and oxygen atoms in total. The van der Waals surface area contributed by atoms with Gasteiger partial charge in [0.15, 0.2) is 0 Å². The van der Waals surface area contributed by atoms with Crippen molar-refractivity contribution in [1.29, 1.82) is 0 Å². The molecule has 0 radical (unpaired) electrons. The molecule has 8 heteroatoms. The van der Waals surface area contributed by atoms with E-state index in [1.165, 1.54) is 0 Å². The zero-order chi connectivity index (χ0) is 22.6. The van der Waals surface area contributed by atoms with E-state index in [1.54, 1.807) is 36.5 Å². The Hall–Kier alpha value is -3.39. The minimum Gasteiger partial charge on any atom is -0.318 e. The normalized spacial score (nSPS) is 11.6. The van der Waals surface area contributed by atoms with Gasteiger partial charge in [0.05, 0.1) is 18.2 Å². The molecule has 0 bridgehead atoms. The minimum atomic E-state index is -3.62. The molecule has 0 aliphatic rings. The van der Waals surface area contributed by atoms with E-state index in [4.69, 9.17) is 0 Å². The monoisotopic (exact) mass is 438 g/mol. The van der Waals surface area contributed by atoms with Crippen molar-refractivity contribution in [3.8, 4) is 5.69 Å². The number of benzene rings is 2. The lowest BCUT2D eigenvalue weighted by Crippen LogP contribution is -2.38. The molecule has 2 aromatic carbocycles. The number of sulfonamides is 1. The van der Waals surface area contributed by atoms with E-state index < -0.39 is 15.9 Å². The van der Waals surface area contributed by atoms with E-state index >= 15 is 0 Å². The first kappa shape index (κ1) is 22.3. The maximum Gasteiger partial charge on any atom is 0.260 e. The lowest BCUT2D eigenvalue weighted by molar-refractivity contribution is -0.119. The molecule has 3 aromatic rings. The molecule has 1 N–H and O–H groups in total. The topological polar surface area (TPSA) is 83.8 Å². The van der Waals surface area contributed by atoms with Gasteiger partial charge in [0, 0.05) is 22.6 Å². The highest BCUT2D eigenvalue weighted by Gasteiger charge is 2.20. The van der Waals surface area contributed by atoms with Crippen molar-refractivity contribution in [3.05, 3.63) is 83.2 Å². The SMILES string of the molecule is Cc1ccccc1-n1c(C)cc(/C=N/NC(=O)CN(c2ccccc2)S(C)(=O)=O)c1C. The number of hydrazone groups is 1. The Balaban J connectivity index is 1.74. The van der Waals surface area contributed by atoms with Crippen molar-refractivity contribution >= 4 is 27.8 Å². The number of nitrogens with zero attached hydrogens (tertiary/aromatic N) is 3. The van der Waals surface area contributed by atoms with Crippen LogP contribution < -0.4 is 9.73 Å². The van der Waals surface area contributed by atoms with E-state index in [9.17, 15) is 13.2 Å². The van der Waals surface area contributed by atoms with Crippen LogP contribution in [-0.4, -0.2) is 37.9 Å². The second-order valence-corrected chi connectivity index (χ2v) is 9.25. The summed E-state index contributed by atoms with van der Waals surface area (Å²) in [5, 5.41) is 4.04. The van der Waals surface area contributed by atoms with Crippen molar-refractivity contribution in [2.45, 2.75) is 20.8 Å². The predicted molar refractivity (Wildman–Crippen MR) is 124 cm³/mol. The second kappa shape index (κ2) is 9.18. The van der Waals surface area contributed by atoms with E-state index in [1.807, 2.05) is 32.0 Å². The van der Waals surface area contributed by atoms with E-state index in [2.05, 4.69) is 34.2 Å². The lowest BCUT2D eigenvalue weighted by Gasteiger charge is -2.21. The summed E-state index contributed by atoms with van der Waals surface area (Å²) in [5.41, 5.74) is 8.00. The summed E-state index contributed by atoms with van der Waals surface area (Å²) >= 11 is 0. The van der Waals surface area contributed by atoms with Gasteiger partial charge in [-0.1, -0.05) is 36.4 Å². The molecule has 0 aliphatic carbocycles. The van der Waals surface area contributed by atoms with Crippen molar-refractivity contribution in [2.75, 3.05) is 17.1 Å². The fourth-order valence-electron chi connectivity index (χ4n) is 3.44. The van der Waals surface area contributed by atoms with Gasteiger partial charge in [0.2, 0.25) is 10.0 Å². The molecule has 0 saturated heterocycles. The summed E-state index contributed by atoms with van der Waals surface area (Å²) in [4.78, 5) is 12.4.